The summed E-state index contributed by atoms with van der Waals surface area (Å²) in [6.07, 6.45) is 0. The number of hydrogen-bond donors (Lipinski definition) is 0. The summed E-state index contributed by atoms with van der Waals surface area (Å²) in [7, 11) is -3.91. The lowest BCUT2D eigenvalue weighted by Gasteiger charge is -2.47. The van der Waals surface area contributed by atoms with Crippen molar-refractivity contribution in [3.8, 4) is 0 Å². The van der Waals surface area contributed by atoms with Gasteiger partial charge in [-0.15, -0.1) is 0 Å². The fourth-order valence-corrected chi connectivity index (χ4v) is 3.56. The molecule has 0 fully saturated rings. The predicted molar refractivity (Wildman–Crippen MR) is 68.3 cm³/mol. The zero-order valence-electron chi connectivity index (χ0n) is 12.6. The van der Waals surface area contributed by atoms with Crippen molar-refractivity contribution in [2.45, 2.75) is 79.1 Å². The molecular formula is C12H27O4Si-. The Morgan fingerprint density at radius 2 is 0.765 bits per heavy atom. The third-order valence-electron chi connectivity index (χ3n) is 1.29. The lowest BCUT2D eigenvalue weighted by Crippen LogP contribution is -2.66. The molecule has 0 aromatic carbocycles. The van der Waals surface area contributed by atoms with Crippen LogP contribution in [0.25, 0.3) is 0 Å². The Balaban J connectivity index is 4.95. The highest BCUT2D eigenvalue weighted by Gasteiger charge is 2.38. The van der Waals surface area contributed by atoms with Crippen LogP contribution in [0.2, 0.25) is 0 Å². The molecule has 0 unspecified atom stereocenters. The highest BCUT2D eigenvalue weighted by atomic mass is 28.4. The summed E-state index contributed by atoms with van der Waals surface area (Å²) in [6, 6.07) is 0. The monoisotopic (exact) mass is 263 g/mol. The minimum Gasteiger partial charge on any atom is -0.793 e. The van der Waals surface area contributed by atoms with E-state index in [4.69, 9.17) is 13.3 Å². The zero-order chi connectivity index (χ0) is 14.1. The van der Waals surface area contributed by atoms with Gasteiger partial charge in [-0.1, -0.05) is 0 Å². The first kappa shape index (κ1) is 17.1. The average Bonchev–Trinajstić information content (AvgIpc) is 1.65. The highest BCUT2D eigenvalue weighted by molar-refractivity contribution is 6.50. The van der Waals surface area contributed by atoms with E-state index in [0.29, 0.717) is 0 Å². The second-order valence-corrected chi connectivity index (χ2v) is 8.76. The molecule has 0 aromatic rings. The molecule has 0 saturated heterocycles. The summed E-state index contributed by atoms with van der Waals surface area (Å²) in [5.41, 5.74) is -1.74. The van der Waals surface area contributed by atoms with Crippen LogP contribution in [0.3, 0.4) is 0 Å². The molecule has 0 aliphatic carbocycles. The van der Waals surface area contributed by atoms with E-state index in [1.54, 1.807) is 0 Å². The van der Waals surface area contributed by atoms with Crippen molar-refractivity contribution in [3.63, 3.8) is 0 Å². The van der Waals surface area contributed by atoms with Gasteiger partial charge in [0.1, 0.15) is 0 Å². The summed E-state index contributed by atoms with van der Waals surface area (Å²) in [5.74, 6) is 0. The van der Waals surface area contributed by atoms with Gasteiger partial charge in [0.05, 0.1) is 16.8 Å². The van der Waals surface area contributed by atoms with Gasteiger partial charge in [-0.25, -0.2) is 0 Å². The molecule has 0 heterocycles. The first-order valence-corrected chi connectivity index (χ1v) is 7.56. The second-order valence-electron chi connectivity index (χ2n) is 7.14. The van der Waals surface area contributed by atoms with Crippen LogP contribution < -0.4 is 4.80 Å². The van der Waals surface area contributed by atoms with E-state index in [1.807, 2.05) is 62.3 Å². The molecule has 0 aromatic heterocycles. The fraction of sp³-hybridized carbons (Fsp3) is 1.00. The van der Waals surface area contributed by atoms with E-state index in [9.17, 15) is 4.80 Å². The molecule has 0 amide bonds. The molecule has 0 radical (unpaired) electrons. The lowest BCUT2D eigenvalue weighted by molar-refractivity contribution is -0.343. The Bertz CT molecular complexity index is 204. The van der Waals surface area contributed by atoms with Crippen molar-refractivity contribution < 1.29 is 18.1 Å². The largest absolute Gasteiger partial charge is 0.793 e. The van der Waals surface area contributed by atoms with Crippen LogP contribution in [0.4, 0.5) is 0 Å². The van der Waals surface area contributed by atoms with Crippen LogP contribution in [-0.4, -0.2) is 25.9 Å². The third kappa shape index (κ3) is 9.73. The topological polar surface area (TPSA) is 50.8 Å². The SMILES string of the molecule is CC(C)(C)O[Si]([O-])(OC(C)(C)C)OC(C)(C)C. The van der Waals surface area contributed by atoms with Gasteiger partial charge < -0.3 is 18.1 Å². The van der Waals surface area contributed by atoms with Crippen molar-refractivity contribution in [1.29, 1.82) is 0 Å². The van der Waals surface area contributed by atoms with Gasteiger partial charge in [-0.3, -0.25) is 0 Å². The number of rotatable bonds is 3. The third-order valence-corrected chi connectivity index (χ3v) is 3.88. The first-order chi connectivity index (χ1) is 7.12. The molecule has 0 aliphatic rings. The standard InChI is InChI=1S/C12H27O4Si/c1-10(2,3)14-17(13,15-11(4,5)6)16-12(7,8)9/h1-9H3/q-1. The Morgan fingerprint density at radius 1 is 0.588 bits per heavy atom. The first-order valence-electron chi connectivity index (χ1n) is 5.93. The summed E-state index contributed by atoms with van der Waals surface area (Å²) in [4.78, 5) is 12.6. The molecule has 5 heteroatoms. The Kier molecular flexibility index (Phi) is 4.99. The van der Waals surface area contributed by atoms with Gasteiger partial charge in [0.15, 0.2) is 0 Å². The van der Waals surface area contributed by atoms with Crippen LogP contribution in [0.1, 0.15) is 62.3 Å². The molecular weight excluding hydrogens is 236 g/mol. The van der Waals surface area contributed by atoms with Gasteiger partial charge in [0.2, 0.25) is 0 Å². The maximum Gasteiger partial charge on any atom is 0.414 e. The molecule has 0 bridgehead atoms. The summed E-state index contributed by atoms with van der Waals surface area (Å²) < 4.78 is 16.5. The van der Waals surface area contributed by atoms with Crippen LogP contribution in [-0.2, 0) is 13.3 Å². The van der Waals surface area contributed by atoms with E-state index in [-0.39, 0.29) is 0 Å². The molecule has 104 valence electrons. The van der Waals surface area contributed by atoms with E-state index in [2.05, 4.69) is 0 Å². The van der Waals surface area contributed by atoms with Gasteiger partial charge >= 0.3 is 9.05 Å². The fourth-order valence-electron chi connectivity index (χ4n) is 1.19. The summed E-state index contributed by atoms with van der Waals surface area (Å²) >= 11 is 0. The quantitative estimate of drug-likeness (QED) is 0.733. The molecule has 0 atom stereocenters. The molecule has 4 nitrogen and oxygen atoms in total. The smallest absolute Gasteiger partial charge is 0.414 e. The predicted octanol–water partition coefficient (Wildman–Crippen LogP) is 2.23. The minimum atomic E-state index is -3.91. The summed E-state index contributed by atoms with van der Waals surface area (Å²) in [6.45, 7) is 16.4. The molecule has 0 spiro atoms. The van der Waals surface area contributed by atoms with Crippen LogP contribution in [0.15, 0.2) is 0 Å². The maximum atomic E-state index is 12.6. The van der Waals surface area contributed by atoms with Crippen LogP contribution >= 0.6 is 0 Å². The Morgan fingerprint density at radius 3 is 0.882 bits per heavy atom. The number of hydrogen-bond acceptors (Lipinski definition) is 4. The van der Waals surface area contributed by atoms with E-state index >= 15 is 0 Å². The molecule has 0 saturated carbocycles. The van der Waals surface area contributed by atoms with Crippen molar-refractivity contribution in [3.05, 3.63) is 0 Å². The highest BCUT2D eigenvalue weighted by Crippen LogP contribution is 2.24. The summed E-state index contributed by atoms with van der Waals surface area (Å²) in [5, 5.41) is 0. The minimum absolute atomic E-state index is 0.579. The van der Waals surface area contributed by atoms with Crippen molar-refractivity contribution in [2.24, 2.45) is 0 Å². The zero-order valence-corrected chi connectivity index (χ0v) is 13.6. The van der Waals surface area contributed by atoms with Crippen LogP contribution in [0.5, 0.6) is 0 Å². The Hall–Kier alpha value is 0.0569. The average molecular weight is 263 g/mol. The normalized spacial score (nSPS) is 15.2. The second kappa shape index (κ2) is 4.97. The lowest BCUT2D eigenvalue weighted by atomic mass is 10.2. The van der Waals surface area contributed by atoms with E-state index in [0.717, 1.165) is 0 Å². The molecule has 17 heavy (non-hydrogen) atoms. The molecule has 0 rings (SSSR count). The van der Waals surface area contributed by atoms with Gasteiger partial charge in [-0.2, -0.15) is 0 Å². The molecule has 0 N–H and O–H groups in total. The van der Waals surface area contributed by atoms with Gasteiger partial charge in [0, 0.05) is 0 Å². The van der Waals surface area contributed by atoms with Crippen LogP contribution in [0, 0.1) is 0 Å². The van der Waals surface area contributed by atoms with Crippen molar-refractivity contribution in [1.82, 2.24) is 0 Å². The van der Waals surface area contributed by atoms with Gasteiger partial charge in [0.25, 0.3) is 0 Å². The maximum absolute atomic E-state index is 12.6. The Labute approximate surface area is 107 Å². The van der Waals surface area contributed by atoms with Crippen molar-refractivity contribution in [2.75, 3.05) is 0 Å². The van der Waals surface area contributed by atoms with Gasteiger partial charge in [-0.05, 0) is 62.3 Å². The van der Waals surface area contributed by atoms with E-state index < -0.39 is 25.9 Å². The molecule has 0 aliphatic heterocycles. The van der Waals surface area contributed by atoms with E-state index in [1.165, 1.54) is 0 Å². The van der Waals surface area contributed by atoms with Crippen molar-refractivity contribution >= 4 is 9.05 Å².